The zero-order valence-electron chi connectivity index (χ0n) is 22.1. The molecule has 0 bridgehead atoms. The molecule has 0 heterocycles. The molecule has 3 rings (SSSR count). The minimum atomic E-state index is -3.81. The maximum absolute atomic E-state index is 14.0. The fourth-order valence-electron chi connectivity index (χ4n) is 4.30. The summed E-state index contributed by atoms with van der Waals surface area (Å²) in [7, 11) is -2.28. The van der Waals surface area contributed by atoms with Gasteiger partial charge in [0.2, 0.25) is 21.8 Å². The number of carbonyl (C=O) groups is 2. The summed E-state index contributed by atoms with van der Waals surface area (Å²) in [6.07, 6.45) is 1.38. The topological polar surface area (TPSA) is 86.8 Å². The van der Waals surface area contributed by atoms with Gasteiger partial charge in [-0.15, -0.1) is 0 Å². The van der Waals surface area contributed by atoms with E-state index in [0.29, 0.717) is 5.69 Å². The van der Waals surface area contributed by atoms with Crippen LogP contribution in [0.3, 0.4) is 0 Å². The smallest absolute Gasteiger partial charge is 0.244 e. The fraction of sp³-hybridized carbons (Fsp3) is 0.310. The van der Waals surface area contributed by atoms with Gasteiger partial charge in [-0.3, -0.25) is 13.9 Å². The van der Waals surface area contributed by atoms with Crippen LogP contribution in [-0.2, 0) is 32.6 Å². The lowest BCUT2D eigenvalue weighted by molar-refractivity contribution is -0.139. The summed E-state index contributed by atoms with van der Waals surface area (Å²) in [4.78, 5) is 28.6. The molecule has 202 valence electrons. The van der Waals surface area contributed by atoms with E-state index in [1.54, 1.807) is 12.1 Å². The third-order valence-corrected chi connectivity index (χ3v) is 7.95. The fourth-order valence-corrected chi connectivity index (χ4v) is 5.44. The van der Waals surface area contributed by atoms with E-state index in [-0.39, 0.29) is 24.8 Å². The summed E-state index contributed by atoms with van der Waals surface area (Å²) in [6.45, 7) is 3.66. The van der Waals surface area contributed by atoms with Gasteiger partial charge in [-0.25, -0.2) is 8.42 Å². The molecule has 0 aromatic heterocycles. The molecule has 0 spiro atoms. The van der Waals surface area contributed by atoms with Crippen LogP contribution in [0.15, 0.2) is 83.3 Å². The van der Waals surface area contributed by atoms with Gasteiger partial charge < -0.3 is 10.2 Å². The lowest BCUT2D eigenvalue weighted by atomic mass is 10.0. The van der Waals surface area contributed by atoms with Crippen molar-refractivity contribution in [3.8, 4) is 0 Å². The number of benzene rings is 3. The molecular formula is C29H34BrN3O4S. The van der Waals surface area contributed by atoms with Crippen molar-refractivity contribution in [3.63, 3.8) is 0 Å². The first-order valence-corrected chi connectivity index (χ1v) is 15.0. The molecule has 7 nitrogen and oxygen atoms in total. The quantitative estimate of drug-likeness (QED) is 0.345. The van der Waals surface area contributed by atoms with Crippen molar-refractivity contribution in [2.45, 2.75) is 38.8 Å². The van der Waals surface area contributed by atoms with Gasteiger partial charge in [-0.05, 0) is 40.8 Å². The van der Waals surface area contributed by atoms with Crippen LogP contribution in [0.5, 0.6) is 0 Å². The monoisotopic (exact) mass is 599 g/mol. The van der Waals surface area contributed by atoms with Crippen LogP contribution in [0.1, 0.15) is 36.5 Å². The van der Waals surface area contributed by atoms with Gasteiger partial charge in [0, 0.05) is 24.5 Å². The standard InChI is InChI=1S/C29H34BrN3O4S/c1-21(2)25-12-8-9-13-26(25)33(38(4,36)37)20-28(34)32(19-23-14-16-24(30)17-15-23)27(29(35)31-3)18-22-10-6-5-7-11-22/h5-17,21,27H,18-20H2,1-4H3,(H,31,35). The molecule has 38 heavy (non-hydrogen) atoms. The van der Waals surface area contributed by atoms with E-state index in [4.69, 9.17) is 0 Å². The van der Waals surface area contributed by atoms with Crippen LogP contribution in [0, 0.1) is 0 Å². The van der Waals surface area contributed by atoms with E-state index in [2.05, 4.69) is 21.2 Å². The van der Waals surface area contributed by atoms with E-state index in [1.807, 2.05) is 80.6 Å². The number of nitrogens with one attached hydrogen (secondary N) is 1. The SMILES string of the molecule is CNC(=O)C(Cc1ccccc1)N(Cc1ccc(Br)cc1)C(=O)CN(c1ccccc1C(C)C)S(C)(=O)=O. The first kappa shape index (κ1) is 29.4. The van der Waals surface area contributed by atoms with Crippen LogP contribution in [-0.4, -0.2) is 51.0 Å². The van der Waals surface area contributed by atoms with Crippen LogP contribution in [0.25, 0.3) is 0 Å². The Morgan fingerprint density at radius 2 is 1.50 bits per heavy atom. The van der Waals surface area contributed by atoms with Crippen LogP contribution in [0.4, 0.5) is 5.69 Å². The molecule has 1 N–H and O–H groups in total. The number of carbonyl (C=O) groups excluding carboxylic acids is 2. The Morgan fingerprint density at radius 1 is 0.895 bits per heavy atom. The number of halogens is 1. The van der Waals surface area contributed by atoms with E-state index >= 15 is 0 Å². The summed E-state index contributed by atoms with van der Waals surface area (Å²) in [5.41, 5.74) is 2.98. The number of anilines is 1. The minimum absolute atomic E-state index is 0.0427. The molecule has 0 radical (unpaired) electrons. The zero-order valence-corrected chi connectivity index (χ0v) is 24.5. The first-order chi connectivity index (χ1) is 18.0. The predicted molar refractivity (Wildman–Crippen MR) is 155 cm³/mol. The normalized spacial score (nSPS) is 12.2. The van der Waals surface area contributed by atoms with Crippen LogP contribution < -0.4 is 9.62 Å². The molecule has 1 unspecified atom stereocenters. The van der Waals surface area contributed by atoms with Crippen molar-refractivity contribution >= 4 is 43.5 Å². The van der Waals surface area contributed by atoms with Crippen molar-refractivity contribution < 1.29 is 18.0 Å². The highest BCUT2D eigenvalue weighted by Crippen LogP contribution is 2.29. The molecule has 0 aliphatic heterocycles. The van der Waals surface area contributed by atoms with Crippen molar-refractivity contribution in [3.05, 3.63) is 100 Å². The summed E-state index contributed by atoms with van der Waals surface area (Å²) < 4.78 is 28.0. The van der Waals surface area contributed by atoms with Crippen LogP contribution in [0.2, 0.25) is 0 Å². The molecule has 1 atom stereocenters. The number of rotatable bonds is 11. The number of sulfonamides is 1. The second-order valence-corrected chi connectivity index (χ2v) is 12.3. The number of likely N-dealkylation sites (N-methyl/N-ethyl adjacent to an activating group) is 1. The van der Waals surface area contributed by atoms with Gasteiger partial charge in [-0.1, -0.05) is 90.4 Å². The zero-order chi connectivity index (χ0) is 27.9. The molecule has 0 saturated heterocycles. The molecule has 0 saturated carbocycles. The van der Waals surface area contributed by atoms with Gasteiger partial charge in [0.15, 0.2) is 0 Å². The summed E-state index contributed by atoms with van der Waals surface area (Å²) in [5.74, 6) is -0.754. The molecule has 3 aromatic rings. The number of hydrogen-bond donors (Lipinski definition) is 1. The maximum atomic E-state index is 14.0. The van der Waals surface area contributed by atoms with E-state index in [1.165, 1.54) is 11.9 Å². The summed E-state index contributed by atoms with van der Waals surface area (Å²) in [5, 5.41) is 2.68. The van der Waals surface area contributed by atoms with Crippen molar-refractivity contribution in [1.82, 2.24) is 10.2 Å². The van der Waals surface area contributed by atoms with Gasteiger partial charge in [0.25, 0.3) is 0 Å². The Morgan fingerprint density at radius 3 is 2.08 bits per heavy atom. The highest BCUT2D eigenvalue weighted by atomic mass is 79.9. The highest BCUT2D eigenvalue weighted by Gasteiger charge is 2.33. The van der Waals surface area contributed by atoms with Crippen LogP contribution >= 0.6 is 15.9 Å². The Kier molecular flexibility index (Phi) is 10.1. The molecule has 3 aromatic carbocycles. The summed E-state index contributed by atoms with van der Waals surface area (Å²) >= 11 is 3.43. The Balaban J connectivity index is 2.06. The molecule has 9 heteroatoms. The average Bonchev–Trinajstić information content (AvgIpc) is 2.89. The Hall–Kier alpha value is -3.17. The number of nitrogens with zero attached hydrogens (tertiary/aromatic N) is 2. The Labute approximate surface area is 234 Å². The average molecular weight is 601 g/mol. The lowest BCUT2D eigenvalue weighted by Crippen LogP contribution is -2.53. The first-order valence-electron chi connectivity index (χ1n) is 12.4. The predicted octanol–water partition coefficient (Wildman–Crippen LogP) is 4.72. The highest BCUT2D eigenvalue weighted by molar-refractivity contribution is 9.10. The molecule has 2 amide bonds. The van der Waals surface area contributed by atoms with E-state index in [9.17, 15) is 18.0 Å². The van der Waals surface area contributed by atoms with Crippen molar-refractivity contribution in [2.24, 2.45) is 0 Å². The van der Waals surface area contributed by atoms with E-state index < -0.39 is 28.5 Å². The molecule has 0 fully saturated rings. The lowest BCUT2D eigenvalue weighted by Gasteiger charge is -2.34. The second-order valence-electron chi connectivity index (χ2n) is 9.45. The Bertz CT molecular complexity index is 1350. The van der Waals surface area contributed by atoms with Crippen molar-refractivity contribution in [2.75, 3.05) is 24.2 Å². The van der Waals surface area contributed by atoms with E-state index in [0.717, 1.165) is 31.7 Å². The van der Waals surface area contributed by atoms with Gasteiger partial charge in [0.1, 0.15) is 12.6 Å². The number of hydrogen-bond acceptors (Lipinski definition) is 4. The minimum Gasteiger partial charge on any atom is -0.357 e. The molecule has 0 aliphatic rings. The van der Waals surface area contributed by atoms with Crippen molar-refractivity contribution in [1.29, 1.82) is 0 Å². The van der Waals surface area contributed by atoms with Gasteiger partial charge in [0.05, 0.1) is 11.9 Å². The molecular weight excluding hydrogens is 566 g/mol. The third kappa shape index (κ3) is 7.68. The second kappa shape index (κ2) is 13.1. The summed E-state index contributed by atoms with van der Waals surface area (Å²) in [6, 6.07) is 23.3. The molecule has 0 aliphatic carbocycles. The maximum Gasteiger partial charge on any atom is 0.244 e. The third-order valence-electron chi connectivity index (χ3n) is 6.29. The largest absolute Gasteiger partial charge is 0.357 e. The number of amides is 2. The number of para-hydroxylation sites is 1. The van der Waals surface area contributed by atoms with Gasteiger partial charge in [-0.2, -0.15) is 0 Å². The van der Waals surface area contributed by atoms with Gasteiger partial charge >= 0.3 is 0 Å².